The number of hydrogen-bond acceptors (Lipinski definition) is 4. The summed E-state index contributed by atoms with van der Waals surface area (Å²) in [5.74, 6) is 0.611. The number of ketones is 1. The number of likely N-dealkylation sites (N-methyl/N-ethyl adjacent to an activating group) is 1. The molecule has 1 rings (SSSR count). The molecular formula is C16H26N2O2. The molecule has 0 unspecified atom stereocenters. The first-order valence-corrected chi connectivity index (χ1v) is 7.40. The Kier molecular flexibility index (Phi) is 6.14. The second-order valence-electron chi connectivity index (χ2n) is 4.79. The van der Waals surface area contributed by atoms with Gasteiger partial charge in [-0.2, -0.15) is 0 Å². The van der Waals surface area contributed by atoms with E-state index >= 15 is 0 Å². The average Bonchev–Trinajstić information content (AvgIpc) is 2.52. The fourth-order valence-corrected chi connectivity index (χ4v) is 2.94. The summed E-state index contributed by atoms with van der Waals surface area (Å²) in [6, 6.07) is 3.57. The van der Waals surface area contributed by atoms with E-state index in [-0.39, 0.29) is 5.78 Å². The maximum atomic E-state index is 13.1. The second kappa shape index (κ2) is 7.39. The average molecular weight is 278 g/mol. The first-order valence-electron chi connectivity index (χ1n) is 7.40. The monoisotopic (exact) mass is 278 g/mol. The van der Waals surface area contributed by atoms with Gasteiger partial charge in [-0.25, -0.2) is 4.98 Å². The molecule has 0 aliphatic carbocycles. The number of carbonyl (C=O) groups is 1. The Morgan fingerprint density at radius 2 is 1.85 bits per heavy atom. The molecule has 0 atom stereocenters. The van der Waals surface area contributed by atoms with Crippen molar-refractivity contribution < 1.29 is 9.53 Å². The Bertz CT molecular complexity index is 438. The molecule has 0 spiro atoms. The molecule has 0 amide bonds. The number of Topliss-reactive ketones (excluding diaryl/α,β-unsaturated/α-hetero) is 1. The molecule has 0 bridgehead atoms. The quantitative estimate of drug-likeness (QED) is 0.685. The van der Waals surface area contributed by atoms with Gasteiger partial charge in [0.1, 0.15) is 11.4 Å². The molecule has 1 heterocycles. The van der Waals surface area contributed by atoms with Gasteiger partial charge in [0.05, 0.1) is 12.6 Å². The van der Waals surface area contributed by atoms with E-state index < -0.39 is 5.54 Å². The topological polar surface area (TPSA) is 42.4 Å². The van der Waals surface area contributed by atoms with E-state index in [4.69, 9.17) is 4.74 Å². The maximum Gasteiger partial charge on any atom is 0.205 e. The summed E-state index contributed by atoms with van der Waals surface area (Å²) < 4.78 is 5.30. The lowest BCUT2D eigenvalue weighted by molar-refractivity contribution is 0.0526. The van der Waals surface area contributed by atoms with E-state index in [0.717, 1.165) is 25.9 Å². The van der Waals surface area contributed by atoms with Crippen LogP contribution in [0.5, 0.6) is 5.75 Å². The Morgan fingerprint density at radius 3 is 2.30 bits per heavy atom. The molecule has 4 heteroatoms. The van der Waals surface area contributed by atoms with Crippen LogP contribution in [-0.2, 0) is 0 Å². The number of aromatic nitrogens is 1. The second-order valence-corrected chi connectivity index (χ2v) is 4.79. The number of hydrogen-bond donors (Lipinski definition) is 0. The molecule has 112 valence electrons. The van der Waals surface area contributed by atoms with Crippen LogP contribution in [-0.4, -0.2) is 41.4 Å². The molecule has 0 saturated carbocycles. The SMILES string of the molecule is CCN(CC)C(CC)(CC)C(=O)c1ncccc1OC. The van der Waals surface area contributed by atoms with Crippen LogP contribution in [0.2, 0.25) is 0 Å². The predicted molar refractivity (Wildman–Crippen MR) is 81.4 cm³/mol. The molecule has 0 saturated heterocycles. The van der Waals surface area contributed by atoms with Crippen molar-refractivity contribution in [1.29, 1.82) is 0 Å². The van der Waals surface area contributed by atoms with Gasteiger partial charge in [-0.05, 0) is 38.1 Å². The Morgan fingerprint density at radius 1 is 1.25 bits per heavy atom. The summed E-state index contributed by atoms with van der Waals surface area (Å²) in [5.41, 5.74) is -0.0592. The Hall–Kier alpha value is -1.42. The molecular weight excluding hydrogens is 252 g/mol. The fraction of sp³-hybridized carbons (Fsp3) is 0.625. The molecule has 0 aliphatic heterocycles. The summed E-state index contributed by atoms with van der Waals surface area (Å²) in [7, 11) is 1.57. The molecule has 1 aromatic rings. The lowest BCUT2D eigenvalue weighted by Crippen LogP contribution is -2.54. The van der Waals surface area contributed by atoms with Gasteiger partial charge in [-0.1, -0.05) is 27.7 Å². The van der Waals surface area contributed by atoms with Gasteiger partial charge in [0.2, 0.25) is 5.78 Å². The van der Waals surface area contributed by atoms with Gasteiger partial charge < -0.3 is 4.74 Å². The van der Waals surface area contributed by atoms with Crippen LogP contribution in [0.25, 0.3) is 0 Å². The van der Waals surface area contributed by atoms with E-state index in [1.807, 2.05) is 0 Å². The number of pyridine rings is 1. The first kappa shape index (κ1) is 16.6. The van der Waals surface area contributed by atoms with Crippen LogP contribution in [0.1, 0.15) is 51.0 Å². The molecule has 0 aliphatic rings. The van der Waals surface area contributed by atoms with Crippen LogP contribution < -0.4 is 4.74 Å². The van der Waals surface area contributed by atoms with Gasteiger partial charge in [-0.15, -0.1) is 0 Å². The van der Waals surface area contributed by atoms with Crippen molar-refractivity contribution in [2.24, 2.45) is 0 Å². The molecule has 1 aromatic heterocycles. The van der Waals surface area contributed by atoms with Crippen molar-refractivity contribution in [3.63, 3.8) is 0 Å². The van der Waals surface area contributed by atoms with Gasteiger partial charge in [0, 0.05) is 6.20 Å². The molecule has 4 nitrogen and oxygen atoms in total. The molecule has 0 fully saturated rings. The van der Waals surface area contributed by atoms with E-state index in [0.29, 0.717) is 11.4 Å². The third-order valence-electron chi connectivity index (χ3n) is 4.17. The Balaban J connectivity index is 3.30. The number of methoxy groups -OCH3 is 1. The summed E-state index contributed by atoms with van der Waals surface area (Å²) in [6.45, 7) is 10.0. The van der Waals surface area contributed by atoms with Crippen molar-refractivity contribution in [2.75, 3.05) is 20.2 Å². The van der Waals surface area contributed by atoms with Gasteiger partial charge in [0.25, 0.3) is 0 Å². The number of nitrogens with zero attached hydrogens (tertiary/aromatic N) is 2. The molecule has 0 radical (unpaired) electrons. The highest BCUT2D eigenvalue weighted by Crippen LogP contribution is 2.30. The van der Waals surface area contributed by atoms with Crippen LogP contribution in [0.4, 0.5) is 0 Å². The van der Waals surface area contributed by atoms with Gasteiger partial charge >= 0.3 is 0 Å². The zero-order valence-electron chi connectivity index (χ0n) is 13.3. The first-order chi connectivity index (χ1) is 9.61. The van der Waals surface area contributed by atoms with Gasteiger partial charge in [0.15, 0.2) is 0 Å². The molecule has 0 N–H and O–H groups in total. The zero-order valence-corrected chi connectivity index (χ0v) is 13.3. The minimum absolute atomic E-state index is 0.0589. The molecule has 0 aromatic carbocycles. The molecule has 20 heavy (non-hydrogen) atoms. The summed E-state index contributed by atoms with van der Waals surface area (Å²) in [4.78, 5) is 19.6. The van der Waals surface area contributed by atoms with Gasteiger partial charge in [-0.3, -0.25) is 9.69 Å². The van der Waals surface area contributed by atoms with E-state index in [1.54, 1.807) is 25.4 Å². The fourth-order valence-electron chi connectivity index (χ4n) is 2.94. The summed E-state index contributed by atoms with van der Waals surface area (Å²) >= 11 is 0. The van der Waals surface area contributed by atoms with E-state index in [1.165, 1.54) is 0 Å². The minimum atomic E-state index is -0.495. The van der Waals surface area contributed by atoms with Crippen molar-refractivity contribution >= 4 is 5.78 Å². The van der Waals surface area contributed by atoms with E-state index in [2.05, 4.69) is 37.6 Å². The van der Waals surface area contributed by atoms with Crippen molar-refractivity contribution in [3.8, 4) is 5.75 Å². The maximum absolute atomic E-state index is 13.1. The van der Waals surface area contributed by atoms with Crippen LogP contribution in [0, 0.1) is 0 Å². The van der Waals surface area contributed by atoms with Crippen molar-refractivity contribution in [3.05, 3.63) is 24.0 Å². The van der Waals surface area contributed by atoms with E-state index in [9.17, 15) is 4.79 Å². The highest BCUT2D eigenvalue weighted by molar-refractivity contribution is 6.03. The lowest BCUT2D eigenvalue weighted by Gasteiger charge is -2.40. The third-order valence-corrected chi connectivity index (χ3v) is 4.17. The summed E-state index contributed by atoms with van der Waals surface area (Å²) in [6.07, 6.45) is 3.18. The van der Waals surface area contributed by atoms with Crippen molar-refractivity contribution in [1.82, 2.24) is 9.88 Å². The predicted octanol–water partition coefficient (Wildman–Crippen LogP) is 3.17. The highest BCUT2D eigenvalue weighted by atomic mass is 16.5. The number of carbonyl (C=O) groups excluding carboxylic acids is 1. The van der Waals surface area contributed by atoms with Crippen LogP contribution in [0.15, 0.2) is 18.3 Å². The smallest absolute Gasteiger partial charge is 0.205 e. The highest BCUT2D eigenvalue weighted by Gasteiger charge is 2.41. The van der Waals surface area contributed by atoms with Crippen molar-refractivity contribution in [2.45, 2.75) is 46.1 Å². The van der Waals surface area contributed by atoms with Crippen LogP contribution >= 0.6 is 0 Å². The van der Waals surface area contributed by atoms with Crippen LogP contribution in [0.3, 0.4) is 0 Å². The minimum Gasteiger partial charge on any atom is -0.494 e. The third kappa shape index (κ3) is 2.85. The number of ether oxygens (including phenoxy) is 1. The summed E-state index contributed by atoms with van der Waals surface area (Å²) in [5, 5.41) is 0. The number of rotatable bonds is 8. The standard InChI is InChI=1S/C16H26N2O2/c1-6-16(7-2,18(8-3)9-4)15(19)14-13(20-5)11-10-12-17-14/h10-12H,6-9H2,1-5H3. The largest absolute Gasteiger partial charge is 0.494 e. The zero-order chi connectivity index (χ0) is 15.2. The normalized spacial score (nSPS) is 11.7. The lowest BCUT2D eigenvalue weighted by atomic mass is 9.83. The Labute approximate surface area is 122 Å².